The van der Waals surface area contributed by atoms with Gasteiger partial charge in [-0.3, -0.25) is 4.79 Å². The van der Waals surface area contributed by atoms with Crippen LogP contribution in [0.2, 0.25) is 0 Å². The van der Waals surface area contributed by atoms with Crippen molar-refractivity contribution in [1.29, 1.82) is 0 Å². The van der Waals surface area contributed by atoms with E-state index in [1.54, 1.807) is 31.0 Å². The first-order chi connectivity index (χ1) is 12.2. The van der Waals surface area contributed by atoms with E-state index in [2.05, 4.69) is 16.8 Å². The molecule has 0 unspecified atom stereocenters. The van der Waals surface area contributed by atoms with E-state index in [1.165, 1.54) is 0 Å². The molecule has 0 bridgehead atoms. The van der Waals surface area contributed by atoms with Gasteiger partial charge in [0.1, 0.15) is 5.75 Å². The number of hydrogen-bond donors (Lipinski definition) is 1. The van der Waals surface area contributed by atoms with Crippen LogP contribution in [-0.2, 0) is 16.8 Å². The van der Waals surface area contributed by atoms with Crippen LogP contribution in [0.1, 0.15) is 23.3 Å². The largest absolute Gasteiger partial charge is 0.496 e. The predicted molar refractivity (Wildman–Crippen MR) is 97.8 cm³/mol. The third kappa shape index (κ3) is 2.96. The molecular weight excluding hydrogens is 334 g/mol. The number of thiophene rings is 1. The monoisotopic (exact) mass is 353 g/mol. The average molecular weight is 353 g/mol. The van der Waals surface area contributed by atoms with Gasteiger partial charge in [0.05, 0.1) is 31.6 Å². The van der Waals surface area contributed by atoms with Gasteiger partial charge in [-0.15, -0.1) is 11.3 Å². The SMILES string of the molecule is COc1ccccc1C1(C(=O)NCc2cc(-c3ccoc3)cs2)CC1. The summed E-state index contributed by atoms with van der Waals surface area (Å²) < 4.78 is 10.6. The van der Waals surface area contributed by atoms with Crippen molar-refractivity contribution in [3.63, 3.8) is 0 Å². The summed E-state index contributed by atoms with van der Waals surface area (Å²) >= 11 is 1.64. The minimum atomic E-state index is -0.433. The van der Waals surface area contributed by atoms with Gasteiger partial charge in [0.25, 0.3) is 0 Å². The highest BCUT2D eigenvalue weighted by molar-refractivity contribution is 7.10. The van der Waals surface area contributed by atoms with Crippen LogP contribution in [0, 0.1) is 0 Å². The molecule has 4 nitrogen and oxygen atoms in total. The first-order valence-electron chi connectivity index (χ1n) is 8.25. The van der Waals surface area contributed by atoms with Crippen molar-refractivity contribution in [2.45, 2.75) is 24.8 Å². The third-order valence-corrected chi connectivity index (χ3v) is 5.68. The smallest absolute Gasteiger partial charge is 0.231 e. The minimum Gasteiger partial charge on any atom is -0.496 e. The first kappa shape index (κ1) is 16.0. The van der Waals surface area contributed by atoms with Gasteiger partial charge in [-0.05, 0) is 42.0 Å². The van der Waals surface area contributed by atoms with Crippen LogP contribution in [0.3, 0.4) is 0 Å². The Hall–Kier alpha value is -2.53. The second-order valence-electron chi connectivity index (χ2n) is 6.28. The van der Waals surface area contributed by atoms with Crippen molar-refractivity contribution in [3.05, 3.63) is 64.7 Å². The number of carbonyl (C=O) groups excluding carboxylic acids is 1. The number of rotatable bonds is 6. The fourth-order valence-corrected chi connectivity index (χ4v) is 4.01. The first-order valence-corrected chi connectivity index (χ1v) is 9.13. The van der Waals surface area contributed by atoms with Crippen LogP contribution in [0.4, 0.5) is 0 Å². The number of carbonyl (C=O) groups is 1. The molecule has 0 spiro atoms. The fourth-order valence-electron chi connectivity index (χ4n) is 3.17. The second kappa shape index (κ2) is 6.41. The predicted octanol–water partition coefficient (Wildman–Crippen LogP) is 4.36. The molecule has 5 heteroatoms. The van der Waals surface area contributed by atoms with Crippen molar-refractivity contribution in [1.82, 2.24) is 5.32 Å². The van der Waals surface area contributed by atoms with Crippen molar-refractivity contribution in [3.8, 4) is 16.9 Å². The fraction of sp³-hybridized carbons (Fsp3) is 0.250. The molecule has 1 saturated carbocycles. The maximum Gasteiger partial charge on any atom is 0.231 e. The van der Waals surface area contributed by atoms with Crippen molar-refractivity contribution < 1.29 is 13.9 Å². The Morgan fingerprint density at radius 2 is 2.12 bits per heavy atom. The van der Waals surface area contributed by atoms with Crippen molar-refractivity contribution >= 4 is 17.2 Å². The van der Waals surface area contributed by atoms with Crippen LogP contribution in [0.15, 0.2) is 58.7 Å². The van der Waals surface area contributed by atoms with E-state index in [0.717, 1.165) is 40.2 Å². The molecule has 25 heavy (non-hydrogen) atoms. The Balaban J connectivity index is 1.46. The maximum absolute atomic E-state index is 12.8. The third-order valence-electron chi connectivity index (χ3n) is 4.74. The van der Waals surface area contributed by atoms with Crippen molar-refractivity contribution in [2.75, 3.05) is 7.11 Å². The molecule has 1 aliphatic rings. The molecule has 3 aromatic rings. The summed E-state index contributed by atoms with van der Waals surface area (Å²) in [5.74, 6) is 0.865. The lowest BCUT2D eigenvalue weighted by Crippen LogP contribution is -2.34. The number of furan rings is 1. The molecule has 0 saturated heterocycles. The Labute approximate surface area is 150 Å². The van der Waals surface area contributed by atoms with E-state index >= 15 is 0 Å². The number of para-hydroxylation sites is 1. The standard InChI is InChI=1S/C20H19NO3S/c1-23-18-5-3-2-4-17(18)20(7-8-20)19(22)21-11-16-10-15(13-25-16)14-6-9-24-12-14/h2-6,9-10,12-13H,7-8,11H2,1H3,(H,21,22). The van der Waals surface area contributed by atoms with Gasteiger partial charge < -0.3 is 14.5 Å². The number of amides is 1. The molecule has 1 amide bonds. The highest BCUT2D eigenvalue weighted by Gasteiger charge is 2.52. The summed E-state index contributed by atoms with van der Waals surface area (Å²) in [4.78, 5) is 14.0. The van der Waals surface area contributed by atoms with Crippen LogP contribution >= 0.6 is 11.3 Å². The molecule has 1 aromatic carbocycles. The van der Waals surface area contributed by atoms with Crippen LogP contribution < -0.4 is 10.1 Å². The molecule has 2 aromatic heterocycles. The van der Waals surface area contributed by atoms with Gasteiger partial charge in [-0.1, -0.05) is 18.2 Å². The lowest BCUT2D eigenvalue weighted by molar-refractivity contribution is -0.123. The second-order valence-corrected chi connectivity index (χ2v) is 7.27. The van der Waals surface area contributed by atoms with Gasteiger partial charge in [0.2, 0.25) is 5.91 Å². The van der Waals surface area contributed by atoms with E-state index in [9.17, 15) is 4.79 Å². The molecule has 1 fully saturated rings. The lowest BCUT2D eigenvalue weighted by Gasteiger charge is -2.18. The van der Waals surface area contributed by atoms with Gasteiger partial charge in [0, 0.05) is 16.0 Å². The average Bonchev–Trinajstić information content (AvgIpc) is 3.06. The molecule has 0 atom stereocenters. The summed E-state index contributed by atoms with van der Waals surface area (Å²) in [5, 5.41) is 5.19. The number of nitrogens with one attached hydrogen (secondary N) is 1. The van der Waals surface area contributed by atoms with Crippen molar-refractivity contribution in [2.24, 2.45) is 0 Å². The number of hydrogen-bond acceptors (Lipinski definition) is 4. The summed E-state index contributed by atoms with van der Waals surface area (Å²) in [5.41, 5.74) is 2.73. The summed E-state index contributed by atoms with van der Waals surface area (Å²) in [7, 11) is 1.65. The van der Waals surface area contributed by atoms with Gasteiger partial charge >= 0.3 is 0 Å². The highest BCUT2D eigenvalue weighted by atomic mass is 32.1. The number of ether oxygens (including phenoxy) is 1. The zero-order valence-electron chi connectivity index (χ0n) is 14.0. The van der Waals surface area contributed by atoms with E-state index in [1.807, 2.05) is 30.3 Å². The molecule has 0 aliphatic heterocycles. The molecular formula is C20H19NO3S. The lowest BCUT2D eigenvalue weighted by atomic mass is 9.94. The molecule has 0 radical (unpaired) electrons. The van der Waals surface area contributed by atoms with E-state index < -0.39 is 5.41 Å². The molecule has 2 heterocycles. The normalized spacial score (nSPS) is 14.9. The van der Waals surface area contributed by atoms with E-state index in [0.29, 0.717) is 6.54 Å². The zero-order chi connectivity index (χ0) is 17.3. The summed E-state index contributed by atoms with van der Waals surface area (Å²) in [6, 6.07) is 11.8. The summed E-state index contributed by atoms with van der Waals surface area (Å²) in [6.07, 6.45) is 5.12. The number of benzene rings is 1. The maximum atomic E-state index is 12.8. The quantitative estimate of drug-likeness (QED) is 0.716. The van der Waals surface area contributed by atoms with Crippen LogP contribution in [0.25, 0.3) is 11.1 Å². The molecule has 4 rings (SSSR count). The highest BCUT2D eigenvalue weighted by Crippen LogP contribution is 2.51. The molecule has 1 N–H and O–H groups in total. The van der Waals surface area contributed by atoms with Crippen LogP contribution in [0.5, 0.6) is 5.75 Å². The summed E-state index contributed by atoms with van der Waals surface area (Å²) in [6.45, 7) is 0.540. The zero-order valence-corrected chi connectivity index (χ0v) is 14.8. The Morgan fingerprint density at radius 1 is 1.28 bits per heavy atom. The molecule has 1 aliphatic carbocycles. The molecule has 128 valence electrons. The van der Waals surface area contributed by atoms with Gasteiger partial charge in [-0.25, -0.2) is 0 Å². The Morgan fingerprint density at radius 3 is 2.84 bits per heavy atom. The Bertz CT molecular complexity index is 878. The Kier molecular flexibility index (Phi) is 4.09. The van der Waals surface area contributed by atoms with Crippen LogP contribution in [-0.4, -0.2) is 13.0 Å². The van der Waals surface area contributed by atoms with E-state index in [-0.39, 0.29) is 5.91 Å². The van der Waals surface area contributed by atoms with E-state index in [4.69, 9.17) is 9.15 Å². The topological polar surface area (TPSA) is 51.5 Å². The van der Waals surface area contributed by atoms with Gasteiger partial charge in [-0.2, -0.15) is 0 Å². The van der Waals surface area contributed by atoms with Gasteiger partial charge in [0.15, 0.2) is 0 Å². The minimum absolute atomic E-state index is 0.0789. The number of methoxy groups -OCH3 is 1.